The zero-order valence-corrected chi connectivity index (χ0v) is 7.17. The van der Waals surface area contributed by atoms with Crippen molar-refractivity contribution in [1.82, 2.24) is 0 Å². The van der Waals surface area contributed by atoms with E-state index in [0.29, 0.717) is 5.56 Å². The Balaban J connectivity index is 2.98. The molecular weight excluding hydrogens is 176 g/mol. The molecule has 0 aliphatic carbocycles. The van der Waals surface area contributed by atoms with Gasteiger partial charge in [0.15, 0.2) is 0 Å². The second kappa shape index (κ2) is 3.66. The predicted molar refractivity (Wildman–Crippen MR) is 47.3 cm³/mol. The minimum Gasteiger partial charge on any atom is -0.478 e. The molecule has 0 bridgehead atoms. The van der Waals surface area contributed by atoms with Gasteiger partial charge in [0.2, 0.25) is 0 Å². The van der Waals surface area contributed by atoms with Crippen LogP contribution >= 0.6 is 11.3 Å². The van der Waals surface area contributed by atoms with Gasteiger partial charge in [0, 0.05) is 18.0 Å². The molecule has 0 radical (unpaired) electrons. The van der Waals surface area contributed by atoms with Gasteiger partial charge in [-0.2, -0.15) is 11.3 Å². The maximum Gasteiger partial charge on any atom is 0.336 e. The van der Waals surface area contributed by atoms with Gasteiger partial charge in [-0.1, -0.05) is 0 Å². The SMILES string of the molecule is NC[C@H](N)c1cscc1C(=O)O. The molecule has 0 spiro atoms. The van der Waals surface area contributed by atoms with Gasteiger partial charge in [0.25, 0.3) is 0 Å². The first kappa shape index (κ1) is 9.18. The lowest BCUT2D eigenvalue weighted by Crippen LogP contribution is -2.22. The number of hydrogen-bond donors (Lipinski definition) is 3. The monoisotopic (exact) mass is 186 g/mol. The summed E-state index contributed by atoms with van der Waals surface area (Å²) in [5.74, 6) is -0.949. The van der Waals surface area contributed by atoms with Gasteiger partial charge in [0.05, 0.1) is 5.56 Å². The van der Waals surface area contributed by atoms with Crippen LogP contribution in [0, 0.1) is 0 Å². The molecule has 0 saturated carbocycles. The quantitative estimate of drug-likeness (QED) is 0.637. The highest BCUT2D eigenvalue weighted by Gasteiger charge is 2.15. The first-order valence-corrected chi connectivity index (χ1v) is 4.36. The van der Waals surface area contributed by atoms with E-state index in [1.54, 1.807) is 10.8 Å². The minimum absolute atomic E-state index is 0.261. The lowest BCUT2D eigenvalue weighted by Gasteiger charge is -2.06. The van der Waals surface area contributed by atoms with Gasteiger partial charge in [-0.15, -0.1) is 0 Å². The van der Waals surface area contributed by atoms with Crippen LogP contribution in [0.3, 0.4) is 0 Å². The zero-order valence-electron chi connectivity index (χ0n) is 6.36. The molecule has 1 rings (SSSR count). The first-order chi connectivity index (χ1) is 5.66. The molecule has 0 aliphatic heterocycles. The molecule has 0 unspecified atom stereocenters. The normalized spacial score (nSPS) is 12.8. The van der Waals surface area contributed by atoms with E-state index in [1.165, 1.54) is 11.3 Å². The van der Waals surface area contributed by atoms with Crippen molar-refractivity contribution < 1.29 is 9.90 Å². The van der Waals surface area contributed by atoms with Gasteiger partial charge in [0.1, 0.15) is 0 Å². The number of rotatable bonds is 3. The fourth-order valence-corrected chi connectivity index (χ4v) is 1.78. The molecule has 0 saturated heterocycles. The van der Waals surface area contributed by atoms with E-state index in [2.05, 4.69) is 0 Å². The molecule has 0 aromatic carbocycles. The number of hydrogen-bond acceptors (Lipinski definition) is 4. The second-order valence-corrected chi connectivity index (χ2v) is 3.13. The van der Waals surface area contributed by atoms with Crippen LogP contribution in [-0.2, 0) is 0 Å². The fraction of sp³-hybridized carbons (Fsp3) is 0.286. The molecule has 5 N–H and O–H groups in total. The van der Waals surface area contributed by atoms with Crippen molar-refractivity contribution in [1.29, 1.82) is 0 Å². The van der Waals surface area contributed by atoms with Gasteiger partial charge in [-0.3, -0.25) is 0 Å². The average molecular weight is 186 g/mol. The Hall–Kier alpha value is -0.910. The van der Waals surface area contributed by atoms with Gasteiger partial charge in [-0.25, -0.2) is 4.79 Å². The van der Waals surface area contributed by atoms with Crippen LogP contribution in [0.25, 0.3) is 0 Å². The first-order valence-electron chi connectivity index (χ1n) is 3.41. The van der Waals surface area contributed by atoms with E-state index in [-0.39, 0.29) is 18.2 Å². The van der Waals surface area contributed by atoms with Crippen molar-refractivity contribution in [3.8, 4) is 0 Å². The lowest BCUT2D eigenvalue weighted by atomic mass is 10.1. The Morgan fingerprint density at radius 3 is 2.83 bits per heavy atom. The van der Waals surface area contributed by atoms with Gasteiger partial charge < -0.3 is 16.6 Å². The van der Waals surface area contributed by atoms with Gasteiger partial charge >= 0.3 is 5.97 Å². The lowest BCUT2D eigenvalue weighted by molar-refractivity contribution is 0.0696. The summed E-state index contributed by atoms with van der Waals surface area (Å²) in [6.45, 7) is 0.261. The maximum atomic E-state index is 10.6. The van der Waals surface area contributed by atoms with Crippen LogP contribution in [0.4, 0.5) is 0 Å². The molecule has 1 heterocycles. The number of aromatic carboxylic acids is 1. The summed E-state index contributed by atoms with van der Waals surface area (Å²) in [5.41, 5.74) is 11.8. The highest BCUT2D eigenvalue weighted by atomic mass is 32.1. The predicted octanol–water partition coefficient (Wildman–Crippen LogP) is 0.405. The van der Waals surface area contributed by atoms with Crippen LogP contribution in [0.15, 0.2) is 10.8 Å². The van der Waals surface area contributed by atoms with Crippen LogP contribution < -0.4 is 11.5 Å². The van der Waals surface area contributed by atoms with E-state index >= 15 is 0 Å². The molecule has 4 nitrogen and oxygen atoms in total. The van der Waals surface area contributed by atoms with Crippen LogP contribution in [-0.4, -0.2) is 17.6 Å². The highest BCUT2D eigenvalue weighted by Crippen LogP contribution is 2.20. The summed E-state index contributed by atoms with van der Waals surface area (Å²) >= 11 is 1.32. The van der Waals surface area contributed by atoms with E-state index in [0.717, 1.165) is 0 Å². The summed E-state index contributed by atoms with van der Waals surface area (Å²) in [5, 5.41) is 12.0. The number of nitrogens with two attached hydrogens (primary N) is 2. The summed E-state index contributed by atoms with van der Waals surface area (Å²) in [7, 11) is 0. The van der Waals surface area contributed by atoms with Crippen molar-refractivity contribution in [3.63, 3.8) is 0 Å². The summed E-state index contributed by atoms with van der Waals surface area (Å²) in [6.07, 6.45) is 0. The molecular formula is C7H10N2O2S. The minimum atomic E-state index is -0.949. The summed E-state index contributed by atoms with van der Waals surface area (Å²) < 4.78 is 0. The van der Waals surface area contributed by atoms with Gasteiger partial charge in [-0.05, 0) is 10.9 Å². The van der Waals surface area contributed by atoms with Crippen molar-refractivity contribution >= 4 is 17.3 Å². The number of thiophene rings is 1. The third kappa shape index (κ3) is 1.63. The van der Waals surface area contributed by atoms with Crippen molar-refractivity contribution in [2.75, 3.05) is 6.54 Å². The molecule has 1 aromatic heterocycles. The van der Waals surface area contributed by atoms with E-state index in [4.69, 9.17) is 16.6 Å². The topological polar surface area (TPSA) is 89.3 Å². The zero-order chi connectivity index (χ0) is 9.14. The Labute approximate surface area is 73.8 Å². The van der Waals surface area contributed by atoms with Crippen molar-refractivity contribution in [2.24, 2.45) is 11.5 Å². The average Bonchev–Trinajstić information content (AvgIpc) is 2.50. The van der Waals surface area contributed by atoms with E-state index < -0.39 is 5.97 Å². The van der Waals surface area contributed by atoms with E-state index in [1.807, 2.05) is 0 Å². The van der Waals surface area contributed by atoms with Crippen LogP contribution in [0.5, 0.6) is 0 Å². The van der Waals surface area contributed by atoms with Crippen LogP contribution in [0.2, 0.25) is 0 Å². The Morgan fingerprint density at radius 2 is 2.33 bits per heavy atom. The van der Waals surface area contributed by atoms with E-state index in [9.17, 15) is 4.79 Å². The fourth-order valence-electron chi connectivity index (χ4n) is 0.895. The Kier molecular flexibility index (Phi) is 2.80. The molecule has 12 heavy (non-hydrogen) atoms. The molecule has 1 aromatic rings. The molecule has 1 atom stereocenters. The molecule has 0 amide bonds. The second-order valence-electron chi connectivity index (χ2n) is 2.39. The largest absolute Gasteiger partial charge is 0.478 e. The molecule has 0 aliphatic rings. The third-order valence-electron chi connectivity index (χ3n) is 1.58. The summed E-state index contributed by atoms with van der Waals surface area (Å²) in [6, 6.07) is -0.373. The smallest absolute Gasteiger partial charge is 0.336 e. The Bertz CT molecular complexity index is 285. The van der Waals surface area contributed by atoms with Crippen molar-refractivity contribution in [3.05, 3.63) is 21.9 Å². The molecule has 0 fully saturated rings. The summed E-state index contributed by atoms with van der Waals surface area (Å²) in [4.78, 5) is 10.6. The number of carbonyl (C=O) groups is 1. The third-order valence-corrected chi connectivity index (χ3v) is 2.34. The van der Waals surface area contributed by atoms with Crippen molar-refractivity contribution in [2.45, 2.75) is 6.04 Å². The number of carboxylic acid groups (broad SMARTS) is 1. The standard InChI is InChI=1S/C7H10N2O2S/c8-1-6(9)4-2-12-3-5(4)7(10)11/h2-3,6H,1,8-9H2,(H,10,11)/t6-/m0/s1. The number of carboxylic acids is 1. The van der Waals surface area contributed by atoms with Crippen LogP contribution in [0.1, 0.15) is 22.0 Å². The maximum absolute atomic E-state index is 10.6. The Morgan fingerprint density at radius 1 is 1.67 bits per heavy atom. The highest BCUT2D eigenvalue weighted by molar-refractivity contribution is 7.08. The molecule has 5 heteroatoms. The molecule has 66 valence electrons.